The third kappa shape index (κ3) is 4.17. The molecule has 0 fully saturated rings. The Morgan fingerprint density at radius 1 is 1.24 bits per heavy atom. The van der Waals surface area contributed by atoms with Gasteiger partial charge in [-0.3, -0.25) is 4.79 Å². The molecule has 0 bridgehead atoms. The first kappa shape index (κ1) is 21.8. The summed E-state index contributed by atoms with van der Waals surface area (Å²) in [6.45, 7) is 9.81. The fraction of sp³-hybridized carbons (Fsp3) is 0.280. The summed E-state index contributed by atoms with van der Waals surface area (Å²) in [5.41, 5.74) is 3.76. The molecular weight excluding hydrogens is 430 g/mol. The van der Waals surface area contributed by atoms with Crippen molar-refractivity contribution in [2.24, 2.45) is 0 Å². The zero-order valence-corrected chi connectivity index (χ0v) is 19.3. The van der Waals surface area contributed by atoms with Crippen molar-refractivity contribution >= 4 is 22.7 Å². The van der Waals surface area contributed by atoms with E-state index in [1.165, 1.54) is 11.1 Å². The van der Waals surface area contributed by atoms with Crippen LogP contribution >= 0.6 is 0 Å². The number of hydrogen-bond acceptors (Lipinski definition) is 7. The number of pyridine rings is 1. The van der Waals surface area contributed by atoms with E-state index in [1.807, 2.05) is 32.0 Å². The first-order valence-corrected chi connectivity index (χ1v) is 11.4. The minimum absolute atomic E-state index is 0.0236. The van der Waals surface area contributed by atoms with Gasteiger partial charge in [-0.25, -0.2) is 14.3 Å². The molecule has 9 heteroatoms. The van der Waals surface area contributed by atoms with Crippen LogP contribution in [0.2, 0.25) is 0 Å². The number of anilines is 2. The van der Waals surface area contributed by atoms with Crippen molar-refractivity contribution in [2.45, 2.75) is 39.5 Å². The maximum Gasteiger partial charge on any atom is 0.278 e. The molecule has 0 spiro atoms. The van der Waals surface area contributed by atoms with Crippen molar-refractivity contribution in [2.75, 3.05) is 11.9 Å². The largest absolute Gasteiger partial charge is 0.475 e. The maximum atomic E-state index is 13.1. The predicted octanol–water partition coefficient (Wildman–Crippen LogP) is 3.34. The van der Waals surface area contributed by atoms with E-state index in [0.29, 0.717) is 35.2 Å². The number of fused-ring (bicyclic) bond motifs is 2. The number of nitrogens with zero attached hydrogens (tertiary/aromatic N) is 5. The Hall–Kier alpha value is -3.98. The van der Waals surface area contributed by atoms with Gasteiger partial charge < -0.3 is 15.4 Å². The minimum Gasteiger partial charge on any atom is -0.475 e. The normalized spacial score (nSPS) is 13.1. The van der Waals surface area contributed by atoms with E-state index < -0.39 is 0 Å². The van der Waals surface area contributed by atoms with Crippen molar-refractivity contribution in [3.8, 4) is 11.7 Å². The maximum absolute atomic E-state index is 13.1. The highest BCUT2D eigenvalue weighted by Crippen LogP contribution is 2.23. The van der Waals surface area contributed by atoms with Crippen molar-refractivity contribution in [1.29, 1.82) is 0 Å². The van der Waals surface area contributed by atoms with Crippen LogP contribution in [0.1, 0.15) is 25.0 Å². The van der Waals surface area contributed by atoms with Gasteiger partial charge in [-0.05, 0) is 56.1 Å². The van der Waals surface area contributed by atoms with Crippen LogP contribution in [0.15, 0.2) is 60.0 Å². The number of rotatable bonds is 7. The highest BCUT2D eigenvalue weighted by atomic mass is 16.5. The van der Waals surface area contributed by atoms with Gasteiger partial charge in [0.15, 0.2) is 11.5 Å². The van der Waals surface area contributed by atoms with E-state index >= 15 is 0 Å². The topological polar surface area (TPSA) is 98.9 Å². The fourth-order valence-corrected chi connectivity index (χ4v) is 4.12. The van der Waals surface area contributed by atoms with Crippen molar-refractivity contribution in [1.82, 2.24) is 29.6 Å². The standard InChI is InChI=1S/C25H27N7O2/c1-4-12-31-24(33)20-15-27-25(28-19-9-8-17-10-11-26-14-18(17)13-19)30-23(20)32(31)21-6-5-7-22(29-21)34-16(2)3/h4-9,13,15-16,26H,1,10-12,14H2,2-3H3,(H,27,28,30). The van der Waals surface area contributed by atoms with Gasteiger partial charge in [0.1, 0.15) is 5.39 Å². The number of benzene rings is 1. The lowest BCUT2D eigenvalue weighted by Crippen LogP contribution is -2.23. The van der Waals surface area contributed by atoms with Crippen LogP contribution in [0.5, 0.6) is 5.88 Å². The Kier molecular flexibility index (Phi) is 5.85. The second-order valence-electron chi connectivity index (χ2n) is 8.45. The van der Waals surface area contributed by atoms with Crippen molar-refractivity contribution in [3.63, 3.8) is 0 Å². The van der Waals surface area contributed by atoms with Gasteiger partial charge in [0.05, 0.1) is 12.6 Å². The molecule has 34 heavy (non-hydrogen) atoms. The first-order valence-electron chi connectivity index (χ1n) is 11.4. The lowest BCUT2D eigenvalue weighted by Gasteiger charge is -2.18. The molecule has 174 valence electrons. The van der Waals surface area contributed by atoms with Crippen molar-refractivity contribution in [3.05, 3.63) is 76.7 Å². The van der Waals surface area contributed by atoms with Gasteiger partial charge in [0, 0.05) is 24.5 Å². The van der Waals surface area contributed by atoms with E-state index in [9.17, 15) is 4.79 Å². The van der Waals surface area contributed by atoms with Crippen LogP contribution in [-0.4, -0.2) is 37.0 Å². The van der Waals surface area contributed by atoms with E-state index in [4.69, 9.17) is 9.72 Å². The lowest BCUT2D eigenvalue weighted by atomic mass is 10.0. The summed E-state index contributed by atoms with van der Waals surface area (Å²) in [7, 11) is 0. The van der Waals surface area contributed by atoms with Gasteiger partial charge in [-0.2, -0.15) is 9.97 Å². The number of aromatic nitrogens is 5. The summed E-state index contributed by atoms with van der Waals surface area (Å²) < 4.78 is 9.00. The molecule has 0 saturated carbocycles. The summed E-state index contributed by atoms with van der Waals surface area (Å²) in [6.07, 6.45) is 4.22. The molecule has 4 aromatic rings. The third-order valence-corrected chi connectivity index (χ3v) is 5.61. The van der Waals surface area contributed by atoms with Gasteiger partial charge in [0.25, 0.3) is 5.56 Å². The zero-order chi connectivity index (χ0) is 23.7. The van der Waals surface area contributed by atoms with Crippen LogP contribution in [0.3, 0.4) is 0 Å². The van der Waals surface area contributed by atoms with Crippen LogP contribution in [0, 0.1) is 0 Å². The summed E-state index contributed by atoms with van der Waals surface area (Å²) in [5, 5.41) is 7.08. The van der Waals surface area contributed by atoms with Crippen LogP contribution in [-0.2, 0) is 19.5 Å². The Balaban J connectivity index is 1.59. The van der Waals surface area contributed by atoms with Gasteiger partial charge >= 0.3 is 0 Å². The molecule has 3 aromatic heterocycles. The van der Waals surface area contributed by atoms with E-state index in [1.54, 1.807) is 27.7 Å². The lowest BCUT2D eigenvalue weighted by molar-refractivity contribution is 0.232. The molecule has 0 aliphatic carbocycles. The number of nitrogens with one attached hydrogen (secondary N) is 2. The molecule has 0 amide bonds. The molecule has 4 heterocycles. The van der Waals surface area contributed by atoms with E-state index in [-0.39, 0.29) is 11.7 Å². The van der Waals surface area contributed by atoms with Gasteiger partial charge in [-0.1, -0.05) is 18.2 Å². The molecule has 1 aromatic carbocycles. The summed E-state index contributed by atoms with van der Waals surface area (Å²) in [5.74, 6) is 1.40. The van der Waals surface area contributed by atoms with Crippen LogP contribution in [0.4, 0.5) is 11.6 Å². The number of allylic oxidation sites excluding steroid dienone is 1. The molecular formula is C25H27N7O2. The molecule has 9 nitrogen and oxygen atoms in total. The van der Waals surface area contributed by atoms with Gasteiger partial charge in [0.2, 0.25) is 11.8 Å². The van der Waals surface area contributed by atoms with E-state index in [0.717, 1.165) is 25.2 Å². The highest BCUT2D eigenvalue weighted by molar-refractivity contribution is 5.77. The monoisotopic (exact) mass is 457 g/mol. The molecule has 0 radical (unpaired) electrons. The van der Waals surface area contributed by atoms with Crippen LogP contribution in [0.25, 0.3) is 16.9 Å². The smallest absolute Gasteiger partial charge is 0.278 e. The zero-order valence-electron chi connectivity index (χ0n) is 19.3. The Labute approximate surface area is 197 Å². The Morgan fingerprint density at radius 3 is 2.94 bits per heavy atom. The highest BCUT2D eigenvalue weighted by Gasteiger charge is 2.18. The summed E-state index contributed by atoms with van der Waals surface area (Å²) in [6, 6.07) is 11.7. The second-order valence-corrected chi connectivity index (χ2v) is 8.45. The fourth-order valence-electron chi connectivity index (χ4n) is 4.12. The van der Waals surface area contributed by atoms with Crippen molar-refractivity contribution < 1.29 is 4.74 Å². The summed E-state index contributed by atoms with van der Waals surface area (Å²) >= 11 is 0. The van der Waals surface area contributed by atoms with E-state index in [2.05, 4.69) is 39.3 Å². The quantitative estimate of drug-likeness (QED) is 0.411. The number of hydrogen-bond donors (Lipinski definition) is 2. The second kappa shape index (κ2) is 9.11. The molecule has 1 aliphatic heterocycles. The predicted molar refractivity (Wildman–Crippen MR) is 132 cm³/mol. The molecule has 2 N–H and O–H groups in total. The molecule has 0 saturated heterocycles. The molecule has 0 atom stereocenters. The third-order valence-electron chi connectivity index (χ3n) is 5.61. The average molecular weight is 458 g/mol. The average Bonchev–Trinajstić information content (AvgIpc) is 3.10. The van der Waals surface area contributed by atoms with Gasteiger partial charge in [-0.15, -0.1) is 6.58 Å². The van der Waals surface area contributed by atoms with Crippen LogP contribution < -0.4 is 20.9 Å². The SMILES string of the molecule is C=CCn1c(=O)c2cnc(Nc3ccc4c(c3)CNCC4)nc2n1-c1cccc(OC(C)C)n1. The number of ether oxygens (including phenoxy) is 1. The first-order chi connectivity index (χ1) is 16.5. The molecule has 0 unspecified atom stereocenters. The molecule has 5 rings (SSSR count). The minimum atomic E-state index is -0.210. The Morgan fingerprint density at radius 2 is 2.12 bits per heavy atom. The molecule has 1 aliphatic rings. The summed E-state index contributed by atoms with van der Waals surface area (Å²) in [4.78, 5) is 26.9. The Bertz CT molecular complexity index is 1420.